The molecule has 0 aliphatic carbocycles. The minimum Gasteiger partial charge on any atom is -0.423 e. The summed E-state index contributed by atoms with van der Waals surface area (Å²) in [6.45, 7) is 12.1. The fraction of sp³-hybridized carbons (Fsp3) is 1.00. The van der Waals surface area contributed by atoms with Crippen molar-refractivity contribution >= 4 is 15.4 Å². The first-order valence-corrected chi connectivity index (χ1v) is 13.0. The fourth-order valence-corrected chi connectivity index (χ4v) is 7.85. The average Bonchev–Trinajstić information content (AvgIpc) is 2.12. The Bertz CT molecular complexity index is 155. The van der Waals surface area contributed by atoms with Crippen LogP contribution in [-0.4, -0.2) is 22.5 Å². The second-order valence-electron chi connectivity index (χ2n) is 5.41. The molecule has 0 aliphatic heterocycles. The summed E-state index contributed by atoms with van der Waals surface area (Å²) in [4.78, 5) is 0. The number of hydrogen-bond donors (Lipinski definition) is 0. The summed E-state index contributed by atoms with van der Waals surface area (Å²) in [5.74, 6) is 0. The van der Waals surface area contributed by atoms with Crippen molar-refractivity contribution < 1.29 is 4.43 Å². The monoisotopic (exact) mass is 232 g/mol. The standard InChI is InChI=1S/C11H28OSi2/c1-7-8-9-10-11-13(3,4)14(5,6)12-2/h7-11H2,1-6H3. The third-order valence-electron chi connectivity index (χ3n) is 3.80. The van der Waals surface area contributed by atoms with Gasteiger partial charge in [-0.2, -0.15) is 0 Å². The van der Waals surface area contributed by atoms with Crippen molar-refractivity contribution in [3.8, 4) is 0 Å². The molecule has 0 N–H and O–H groups in total. The van der Waals surface area contributed by atoms with Crippen LogP contribution in [-0.2, 0) is 4.43 Å². The molecule has 86 valence electrons. The van der Waals surface area contributed by atoms with Crippen LogP contribution >= 0.6 is 0 Å². The number of rotatable bonds is 7. The highest BCUT2D eigenvalue weighted by molar-refractivity contribution is 7.38. The smallest absolute Gasteiger partial charge is 0.173 e. The van der Waals surface area contributed by atoms with E-state index in [0.29, 0.717) is 0 Å². The minimum absolute atomic E-state index is 1.06. The molecule has 0 aromatic rings. The summed E-state index contributed by atoms with van der Waals surface area (Å²) in [6.07, 6.45) is 5.58. The van der Waals surface area contributed by atoms with Crippen LogP contribution in [0.1, 0.15) is 32.6 Å². The Hall–Kier alpha value is 0.394. The van der Waals surface area contributed by atoms with Crippen molar-refractivity contribution in [2.24, 2.45) is 0 Å². The van der Waals surface area contributed by atoms with Crippen LogP contribution in [0.15, 0.2) is 0 Å². The lowest BCUT2D eigenvalue weighted by molar-refractivity contribution is 0.419. The lowest BCUT2D eigenvalue weighted by atomic mass is 10.2. The second kappa shape index (κ2) is 6.08. The van der Waals surface area contributed by atoms with Gasteiger partial charge in [-0.15, -0.1) is 0 Å². The molecule has 0 unspecified atom stereocenters. The molecule has 0 saturated carbocycles. The molecule has 0 spiro atoms. The normalized spacial score (nSPS) is 13.3. The Kier molecular flexibility index (Phi) is 6.25. The van der Waals surface area contributed by atoms with Gasteiger partial charge in [-0.1, -0.05) is 51.7 Å². The Morgan fingerprint density at radius 3 is 1.93 bits per heavy atom. The van der Waals surface area contributed by atoms with Gasteiger partial charge in [0.2, 0.25) is 0 Å². The molecule has 3 heteroatoms. The van der Waals surface area contributed by atoms with E-state index in [2.05, 4.69) is 33.1 Å². The maximum atomic E-state index is 5.76. The molecule has 0 amide bonds. The molecule has 0 aromatic heterocycles. The predicted octanol–water partition coefficient (Wildman–Crippen LogP) is 4.21. The van der Waals surface area contributed by atoms with Gasteiger partial charge in [0.25, 0.3) is 0 Å². The van der Waals surface area contributed by atoms with Crippen LogP contribution in [0.3, 0.4) is 0 Å². The van der Waals surface area contributed by atoms with Crippen molar-refractivity contribution in [1.82, 2.24) is 0 Å². The van der Waals surface area contributed by atoms with E-state index >= 15 is 0 Å². The summed E-state index contributed by atoms with van der Waals surface area (Å²) in [5, 5.41) is 0. The van der Waals surface area contributed by atoms with Crippen LogP contribution in [0.2, 0.25) is 32.2 Å². The number of hydrogen-bond acceptors (Lipinski definition) is 1. The molecule has 0 saturated heterocycles. The first-order chi connectivity index (χ1) is 6.37. The van der Waals surface area contributed by atoms with Crippen molar-refractivity contribution in [1.29, 1.82) is 0 Å². The van der Waals surface area contributed by atoms with Gasteiger partial charge in [0, 0.05) is 7.11 Å². The second-order valence-corrected chi connectivity index (χ2v) is 20.8. The molecule has 0 bridgehead atoms. The van der Waals surface area contributed by atoms with E-state index < -0.39 is 15.4 Å². The molecule has 0 heterocycles. The largest absolute Gasteiger partial charge is 0.423 e. The van der Waals surface area contributed by atoms with Crippen molar-refractivity contribution in [2.75, 3.05) is 7.11 Å². The summed E-state index contributed by atoms with van der Waals surface area (Å²) in [5.41, 5.74) is 0. The van der Waals surface area contributed by atoms with Crippen LogP contribution in [0.5, 0.6) is 0 Å². The lowest BCUT2D eigenvalue weighted by Gasteiger charge is -2.36. The highest BCUT2D eigenvalue weighted by Crippen LogP contribution is 2.26. The van der Waals surface area contributed by atoms with Crippen LogP contribution in [0, 0.1) is 0 Å². The Balaban J connectivity index is 3.94. The maximum Gasteiger partial charge on any atom is 0.173 e. The van der Waals surface area contributed by atoms with E-state index in [1.54, 1.807) is 0 Å². The van der Waals surface area contributed by atoms with Crippen molar-refractivity contribution in [3.05, 3.63) is 0 Å². The molecular weight excluding hydrogens is 204 g/mol. The zero-order chi connectivity index (χ0) is 11.2. The van der Waals surface area contributed by atoms with Gasteiger partial charge in [0.15, 0.2) is 7.83 Å². The topological polar surface area (TPSA) is 9.23 Å². The molecule has 1 nitrogen and oxygen atoms in total. The highest BCUT2D eigenvalue weighted by Gasteiger charge is 2.41. The van der Waals surface area contributed by atoms with Gasteiger partial charge in [-0.05, 0) is 13.1 Å². The maximum absolute atomic E-state index is 5.76. The molecule has 0 atom stereocenters. The zero-order valence-electron chi connectivity index (χ0n) is 10.9. The van der Waals surface area contributed by atoms with Gasteiger partial charge in [-0.3, -0.25) is 0 Å². The SMILES string of the molecule is CCCCCC[Si](C)(C)[Si](C)(C)OC. The molecule has 0 rings (SSSR count). The Labute approximate surface area is 92.2 Å². The van der Waals surface area contributed by atoms with Crippen LogP contribution < -0.4 is 0 Å². The summed E-state index contributed by atoms with van der Waals surface area (Å²) >= 11 is 0. The molecule has 0 radical (unpaired) electrons. The first kappa shape index (κ1) is 14.4. The van der Waals surface area contributed by atoms with Gasteiger partial charge in [0.05, 0.1) is 7.59 Å². The third-order valence-corrected chi connectivity index (χ3v) is 20.8. The van der Waals surface area contributed by atoms with Crippen LogP contribution in [0.25, 0.3) is 0 Å². The van der Waals surface area contributed by atoms with Gasteiger partial charge in [0.1, 0.15) is 0 Å². The zero-order valence-corrected chi connectivity index (χ0v) is 12.9. The van der Waals surface area contributed by atoms with E-state index in [-0.39, 0.29) is 0 Å². The van der Waals surface area contributed by atoms with Gasteiger partial charge >= 0.3 is 0 Å². The van der Waals surface area contributed by atoms with Gasteiger partial charge < -0.3 is 4.43 Å². The lowest BCUT2D eigenvalue weighted by Crippen LogP contribution is -2.56. The van der Waals surface area contributed by atoms with E-state index in [0.717, 1.165) is 0 Å². The summed E-state index contributed by atoms with van der Waals surface area (Å²) < 4.78 is 5.76. The Morgan fingerprint density at radius 1 is 0.929 bits per heavy atom. The molecule has 0 aromatic carbocycles. The fourth-order valence-electron chi connectivity index (χ4n) is 1.57. The number of unbranched alkanes of at least 4 members (excludes halogenated alkanes) is 3. The third kappa shape index (κ3) is 4.28. The molecular formula is C11H28OSi2. The Morgan fingerprint density at radius 2 is 1.50 bits per heavy atom. The first-order valence-electron chi connectivity index (χ1n) is 5.92. The van der Waals surface area contributed by atoms with Crippen LogP contribution in [0.4, 0.5) is 0 Å². The molecule has 0 aliphatic rings. The summed E-state index contributed by atoms with van der Waals surface area (Å²) in [6, 6.07) is 1.46. The van der Waals surface area contributed by atoms with Gasteiger partial charge in [-0.25, -0.2) is 0 Å². The molecule has 14 heavy (non-hydrogen) atoms. The summed E-state index contributed by atoms with van der Waals surface area (Å²) in [7, 11) is -0.481. The highest BCUT2D eigenvalue weighted by atomic mass is 29.3. The minimum atomic E-state index is -1.33. The van der Waals surface area contributed by atoms with E-state index in [1.165, 1.54) is 31.7 Å². The van der Waals surface area contributed by atoms with E-state index in [1.807, 2.05) is 7.11 Å². The quantitative estimate of drug-likeness (QED) is 0.472. The predicted molar refractivity (Wildman–Crippen MR) is 70.9 cm³/mol. The van der Waals surface area contributed by atoms with E-state index in [9.17, 15) is 0 Å². The van der Waals surface area contributed by atoms with Crippen molar-refractivity contribution in [2.45, 2.75) is 64.8 Å². The van der Waals surface area contributed by atoms with Crippen molar-refractivity contribution in [3.63, 3.8) is 0 Å². The average molecular weight is 233 g/mol. The molecule has 0 fully saturated rings. The van der Waals surface area contributed by atoms with E-state index in [4.69, 9.17) is 4.43 Å².